The molecule has 9 nitrogen and oxygen atoms in total. The van der Waals surface area contributed by atoms with Crippen LogP contribution in [0.15, 0.2) is 73.7 Å². The summed E-state index contributed by atoms with van der Waals surface area (Å²) in [6.45, 7) is 7.22. The first kappa shape index (κ1) is 23.2. The molecule has 5 rings (SSSR count). The van der Waals surface area contributed by atoms with E-state index in [-0.39, 0.29) is 17.7 Å². The van der Waals surface area contributed by atoms with E-state index in [0.717, 1.165) is 29.0 Å². The lowest BCUT2D eigenvalue weighted by Crippen LogP contribution is -2.26. The Balaban J connectivity index is 1.49. The average molecular weight is 483 g/mol. The van der Waals surface area contributed by atoms with E-state index in [1.807, 2.05) is 29.5 Å². The van der Waals surface area contributed by atoms with E-state index in [1.165, 1.54) is 6.08 Å². The summed E-state index contributed by atoms with van der Waals surface area (Å²) in [6.07, 6.45) is 7.20. The summed E-state index contributed by atoms with van der Waals surface area (Å²) in [5, 5.41) is 2.79. The number of aromatic nitrogens is 4. The molecule has 3 aromatic heterocycles. The number of carbonyl (C=O) groups excluding carboxylic acids is 2. The first-order valence-corrected chi connectivity index (χ1v) is 11.8. The highest BCUT2D eigenvalue weighted by Gasteiger charge is 2.31. The highest BCUT2D eigenvalue weighted by Crippen LogP contribution is 2.34. The number of fused-ring (bicyclic) bond motifs is 1. The van der Waals surface area contributed by atoms with Gasteiger partial charge in [0.25, 0.3) is 5.91 Å². The molecule has 1 N–H and O–H groups in total. The van der Waals surface area contributed by atoms with Crippen LogP contribution in [0.2, 0.25) is 0 Å². The van der Waals surface area contributed by atoms with Gasteiger partial charge in [-0.15, -0.1) is 0 Å². The Bertz CT molecular complexity index is 1410. The second-order valence-electron chi connectivity index (χ2n) is 8.44. The van der Waals surface area contributed by atoms with E-state index in [0.29, 0.717) is 37.0 Å². The fourth-order valence-corrected chi connectivity index (χ4v) is 4.47. The van der Waals surface area contributed by atoms with Crippen LogP contribution >= 0.6 is 0 Å². The molecule has 1 aromatic carbocycles. The monoisotopic (exact) mass is 482 g/mol. The van der Waals surface area contributed by atoms with Crippen molar-refractivity contribution in [3.05, 3.63) is 85.1 Å². The van der Waals surface area contributed by atoms with Gasteiger partial charge in [-0.1, -0.05) is 24.8 Å². The molecule has 9 heteroatoms. The minimum Gasteiger partial charge on any atom is -0.478 e. The minimum absolute atomic E-state index is 0.0418. The quantitative estimate of drug-likeness (QED) is 0.400. The van der Waals surface area contributed by atoms with E-state index in [1.54, 1.807) is 47.8 Å². The SMILES string of the molecule is C=CC(=O)N1CCC(c2nc(-c3ccc(C(=O)Nc4ccccn4)cc3)c3cncc(OCC)n23)C1. The number of rotatable bonds is 7. The van der Waals surface area contributed by atoms with Crippen molar-refractivity contribution >= 4 is 23.1 Å². The number of nitrogens with zero attached hydrogens (tertiary/aromatic N) is 5. The molecule has 0 bridgehead atoms. The third-order valence-electron chi connectivity index (χ3n) is 6.20. The van der Waals surface area contributed by atoms with Crippen molar-refractivity contribution in [3.63, 3.8) is 0 Å². The van der Waals surface area contributed by atoms with Crippen molar-refractivity contribution in [2.45, 2.75) is 19.3 Å². The molecule has 182 valence electrons. The van der Waals surface area contributed by atoms with Crippen molar-refractivity contribution < 1.29 is 14.3 Å². The van der Waals surface area contributed by atoms with Crippen molar-refractivity contribution in [3.8, 4) is 17.1 Å². The Morgan fingerprint density at radius 1 is 1.19 bits per heavy atom. The smallest absolute Gasteiger partial charge is 0.256 e. The number of likely N-dealkylation sites (tertiary alicyclic amines) is 1. The number of pyridine rings is 1. The zero-order valence-electron chi connectivity index (χ0n) is 19.9. The number of hydrogen-bond acceptors (Lipinski definition) is 6. The molecule has 1 fully saturated rings. The van der Waals surface area contributed by atoms with Gasteiger partial charge in [0.1, 0.15) is 11.6 Å². The van der Waals surface area contributed by atoms with Gasteiger partial charge in [-0.25, -0.2) is 9.97 Å². The summed E-state index contributed by atoms with van der Waals surface area (Å²) >= 11 is 0. The lowest BCUT2D eigenvalue weighted by molar-refractivity contribution is -0.125. The number of ether oxygens (including phenoxy) is 1. The average Bonchev–Trinajstić information content (AvgIpc) is 3.55. The molecule has 1 aliphatic rings. The Morgan fingerprint density at radius 3 is 2.75 bits per heavy atom. The number of carbonyl (C=O) groups is 2. The van der Waals surface area contributed by atoms with Gasteiger partial charge in [-0.2, -0.15) is 0 Å². The molecule has 0 radical (unpaired) electrons. The molecule has 36 heavy (non-hydrogen) atoms. The van der Waals surface area contributed by atoms with Gasteiger partial charge >= 0.3 is 0 Å². The highest BCUT2D eigenvalue weighted by atomic mass is 16.5. The normalized spacial score (nSPS) is 15.1. The third-order valence-corrected chi connectivity index (χ3v) is 6.20. The fourth-order valence-electron chi connectivity index (χ4n) is 4.47. The van der Waals surface area contributed by atoms with Gasteiger partial charge in [0, 0.05) is 36.3 Å². The van der Waals surface area contributed by atoms with E-state index in [9.17, 15) is 9.59 Å². The van der Waals surface area contributed by atoms with Crippen LogP contribution in [0.4, 0.5) is 5.82 Å². The maximum atomic E-state index is 12.6. The van der Waals surface area contributed by atoms with Crippen LogP contribution in [0, 0.1) is 0 Å². The van der Waals surface area contributed by atoms with E-state index < -0.39 is 0 Å². The Hall–Kier alpha value is -4.53. The van der Waals surface area contributed by atoms with E-state index in [4.69, 9.17) is 9.72 Å². The van der Waals surface area contributed by atoms with Crippen LogP contribution in [0.5, 0.6) is 5.88 Å². The summed E-state index contributed by atoms with van der Waals surface area (Å²) in [6, 6.07) is 12.6. The van der Waals surface area contributed by atoms with Crippen LogP contribution in [0.25, 0.3) is 16.8 Å². The van der Waals surface area contributed by atoms with Crippen molar-refractivity contribution in [1.82, 2.24) is 24.3 Å². The van der Waals surface area contributed by atoms with Crippen LogP contribution < -0.4 is 10.1 Å². The van der Waals surface area contributed by atoms with Crippen LogP contribution in [0.1, 0.15) is 35.4 Å². The van der Waals surface area contributed by atoms with Crippen LogP contribution in [-0.2, 0) is 4.79 Å². The molecule has 4 aromatic rings. The Labute approximate surface area is 208 Å². The molecule has 1 saturated heterocycles. The third kappa shape index (κ3) is 4.43. The first-order chi connectivity index (χ1) is 17.6. The minimum atomic E-state index is -0.242. The van der Waals surface area contributed by atoms with Crippen molar-refractivity contribution in [2.24, 2.45) is 0 Å². The summed E-state index contributed by atoms with van der Waals surface area (Å²) in [5.74, 6) is 1.64. The largest absolute Gasteiger partial charge is 0.478 e. The zero-order chi connectivity index (χ0) is 25.1. The van der Waals surface area contributed by atoms with Gasteiger partial charge in [-0.05, 0) is 43.7 Å². The Kier molecular flexibility index (Phi) is 6.44. The molecule has 2 amide bonds. The highest BCUT2D eigenvalue weighted by molar-refractivity contribution is 6.04. The fraction of sp³-hybridized carbons (Fsp3) is 0.222. The maximum Gasteiger partial charge on any atom is 0.256 e. The lowest BCUT2D eigenvalue weighted by atomic mass is 10.1. The number of amides is 2. The summed E-state index contributed by atoms with van der Waals surface area (Å²) in [7, 11) is 0. The number of imidazole rings is 1. The summed E-state index contributed by atoms with van der Waals surface area (Å²) in [4.78, 5) is 40.1. The molecule has 1 aliphatic heterocycles. The zero-order valence-corrected chi connectivity index (χ0v) is 19.9. The molecule has 0 aliphatic carbocycles. The molecule has 1 unspecified atom stereocenters. The van der Waals surface area contributed by atoms with Crippen LogP contribution in [-0.4, -0.2) is 55.8 Å². The first-order valence-electron chi connectivity index (χ1n) is 11.8. The standard InChI is InChI=1S/C27H26N6O3/c1-3-23(34)32-14-12-20(17-32)26-31-25(21-15-28-16-24(33(21)26)36-4-2)18-8-10-19(11-9-18)27(35)30-22-7-5-6-13-29-22/h3,5-11,13,15-16,20H,1,4,12,14,17H2,2H3,(H,29,30,35). The predicted molar refractivity (Wildman–Crippen MR) is 136 cm³/mol. The number of anilines is 1. The maximum absolute atomic E-state index is 12.6. The summed E-state index contributed by atoms with van der Waals surface area (Å²) in [5.41, 5.74) is 2.90. The van der Waals surface area contributed by atoms with Gasteiger partial charge in [-0.3, -0.25) is 19.0 Å². The topological polar surface area (TPSA) is 102 Å². The second-order valence-corrected chi connectivity index (χ2v) is 8.44. The van der Waals surface area contributed by atoms with Crippen molar-refractivity contribution in [1.29, 1.82) is 0 Å². The Morgan fingerprint density at radius 2 is 2.03 bits per heavy atom. The predicted octanol–water partition coefficient (Wildman–Crippen LogP) is 3.94. The molecule has 4 heterocycles. The summed E-state index contributed by atoms with van der Waals surface area (Å²) < 4.78 is 7.86. The van der Waals surface area contributed by atoms with Gasteiger partial charge in [0.05, 0.1) is 30.2 Å². The van der Waals surface area contributed by atoms with E-state index >= 15 is 0 Å². The van der Waals surface area contributed by atoms with Crippen LogP contribution in [0.3, 0.4) is 0 Å². The van der Waals surface area contributed by atoms with E-state index in [2.05, 4.69) is 21.9 Å². The van der Waals surface area contributed by atoms with Gasteiger partial charge in [0.2, 0.25) is 11.8 Å². The van der Waals surface area contributed by atoms with Gasteiger partial charge < -0.3 is 15.0 Å². The lowest BCUT2D eigenvalue weighted by Gasteiger charge is -2.14. The molecule has 1 atom stereocenters. The molecule has 0 saturated carbocycles. The second kappa shape index (κ2) is 9.99. The van der Waals surface area contributed by atoms with Gasteiger partial charge in [0.15, 0.2) is 0 Å². The van der Waals surface area contributed by atoms with Crippen molar-refractivity contribution in [2.75, 3.05) is 25.0 Å². The molecular weight excluding hydrogens is 456 g/mol. The number of nitrogens with one attached hydrogen (secondary N) is 1. The number of benzene rings is 1. The number of hydrogen-bond donors (Lipinski definition) is 1. The molecule has 0 spiro atoms. The molecular formula is C27H26N6O3.